The summed E-state index contributed by atoms with van der Waals surface area (Å²) in [5.41, 5.74) is 1.86. The van der Waals surface area contributed by atoms with Crippen LogP contribution in [0, 0.1) is 5.82 Å². The summed E-state index contributed by atoms with van der Waals surface area (Å²) in [6.45, 7) is 0. The molecule has 5 aromatic rings. The molecule has 0 amide bonds. The quantitative estimate of drug-likeness (QED) is 0.338. The molecule has 6 nitrogen and oxygen atoms in total. The highest BCUT2D eigenvalue weighted by Crippen LogP contribution is 2.47. The second-order valence-corrected chi connectivity index (χ2v) is 7.96. The van der Waals surface area contributed by atoms with Gasteiger partial charge < -0.3 is 9.47 Å². The lowest BCUT2D eigenvalue weighted by atomic mass is 10.1. The van der Waals surface area contributed by atoms with Crippen LogP contribution in [-0.2, 0) is 0 Å². The van der Waals surface area contributed by atoms with Crippen molar-refractivity contribution in [3.63, 3.8) is 0 Å². The Hall–Kier alpha value is -4.04. The number of rotatable bonds is 6. The van der Waals surface area contributed by atoms with Crippen molar-refractivity contribution in [1.82, 2.24) is 20.6 Å². The van der Waals surface area contributed by atoms with Crippen LogP contribution >= 0.6 is 11.3 Å². The number of nitrogens with one attached hydrogen (secondary N) is 1. The molecule has 158 valence electrons. The van der Waals surface area contributed by atoms with Gasteiger partial charge in [0.05, 0.1) is 12.0 Å². The van der Waals surface area contributed by atoms with E-state index in [4.69, 9.17) is 9.47 Å². The van der Waals surface area contributed by atoms with Crippen LogP contribution in [0.25, 0.3) is 32.7 Å². The van der Waals surface area contributed by atoms with Crippen molar-refractivity contribution in [2.24, 2.45) is 0 Å². The Labute approximate surface area is 186 Å². The summed E-state index contributed by atoms with van der Waals surface area (Å²) < 4.78 is 26.2. The summed E-state index contributed by atoms with van der Waals surface area (Å²) in [5, 5.41) is 14.7. The minimum atomic E-state index is -0.275. The molecule has 3 aromatic carbocycles. The first kappa shape index (κ1) is 19.9. The Bertz CT molecular complexity index is 1380. The fraction of sp³-hybridized carbons (Fsp3) is 0.0417. The molecule has 5 rings (SSSR count). The third-order valence-corrected chi connectivity index (χ3v) is 6.03. The Morgan fingerprint density at radius 2 is 1.72 bits per heavy atom. The Morgan fingerprint density at radius 1 is 0.938 bits per heavy atom. The van der Waals surface area contributed by atoms with Crippen molar-refractivity contribution < 1.29 is 13.9 Å². The molecule has 0 aliphatic rings. The van der Waals surface area contributed by atoms with Gasteiger partial charge >= 0.3 is 0 Å². The number of thiophene rings is 1. The number of H-pyrrole nitrogens is 1. The lowest BCUT2D eigenvalue weighted by Crippen LogP contribution is -1.87. The summed E-state index contributed by atoms with van der Waals surface area (Å²) in [5.74, 6) is 2.43. The highest BCUT2D eigenvalue weighted by atomic mass is 32.1. The summed E-state index contributed by atoms with van der Waals surface area (Å²) >= 11 is 1.58. The van der Waals surface area contributed by atoms with Gasteiger partial charge in [0.25, 0.3) is 0 Å². The Kier molecular flexibility index (Phi) is 5.35. The van der Waals surface area contributed by atoms with Crippen LogP contribution in [0.5, 0.6) is 17.2 Å². The predicted octanol–water partition coefficient (Wildman–Crippen LogP) is 6.19. The van der Waals surface area contributed by atoms with Crippen LogP contribution in [0.4, 0.5) is 4.39 Å². The van der Waals surface area contributed by atoms with Gasteiger partial charge in [0, 0.05) is 10.1 Å². The van der Waals surface area contributed by atoms with Gasteiger partial charge in [-0.3, -0.25) is 0 Å². The van der Waals surface area contributed by atoms with E-state index < -0.39 is 0 Å². The summed E-state index contributed by atoms with van der Waals surface area (Å²) in [4.78, 5) is 0.925. The van der Waals surface area contributed by atoms with E-state index >= 15 is 0 Å². The highest BCUT2D eigenvalue weighted by molar-refractivity contribution is 7.22. The van der Waals surface area contributed by atoms with Crippen molar-refractivity contribution in [1.29, 1.82) is 0 Å². The zero-order valence-electron chi connectivity index (χ0n) is 16.9. The molecule has 0 saturated heterocycles. The van der Waals surface area contributed by atoms with E-state index in [-0.39, 0.29) is 5.82 Å². The van der Waals surface area contributed by atoms with Crippen LogP contribution in [0.15, 0.2) is 66.7 Å². The maximum atomic E-state index is 13.5. The highest BCUT2D eigenvalue weighted by Gasteiger charge is 2.17. The van der Waals surface area contributed by atoms with Gasteiger partial charge in [-0.2, -0.15) is 5.21 Å². The fourth-order valence-electron chi connectivity index (χ4n) is 3.25. The standard InChI is InChI=1S/C24H17FN4O2S/c1-30-19-11-12-20-21(14-19)32-24(16-5-7-17(25)8-6-16)23(20)31-18-9-2-15(3-10-18)4-13-22-26-28-29-27-22/h2-14H,1H3,(H,26,27,28,29). The minimum absolute atomic E-state index is 0.275. The number of aromatic nitrogens is 4. The summed E-state index contributed by atoms with van der Waals surface area (Å²) in [6, 6.07) is 20.0. The third kappa shape index (κ3) is 4.08. The average Bonchev–Trinajstić information content (AvgIpc) is 3.47. The number of methoxy groups -OCH3 is 1. The SMILES string of the molecule is COc1ccc2c(Oc3ccc(C=Cc4nn[nH]n4)cc3)c(-c3ccc(F)cc3)sc2c1. The van der Waals surface area contributed by atoms with Crippen LogP contribution in [0.2, 0.25) is 0 Å². The van der Waals surface area contributed by atoms with Gasteiger partial charge in [-0.25, -0.2) is 4.39 Å². The molecule has 0 fully saturated rings. The number of hydrogen-bond acceptors (Lipinski definition) is 6. The van der Waals surface area contributed by atoms with Crippen LogP contribution < -0.4 is 9.47 Å². The summed E-state index contributed by atoms with van der Waals surface area (Å²) in [7, 11) is 1.64. The zero-order valence-corrected chi connectivity index (χ0v) is 17.8. The molecule has 0 atom stereocenters. The zero-order chi connectivity index (χ0) is 21.9. The van der Waals surface area contributed by atoms with E-state index in [9.17, 15) is 4.39 Å². The second kappa shape index (κ2) is 8.60. The number of nitrogens with zero attached hydrogens (tertiary/aromatic N) is 3. The number of hydrogen-bond donors (Lipinski definition) is 1. The monoisotopic (exact) mass is 444 g/mol. The number of benzene rings is 3. The molecule has 1 N–H and O–H groups in total. The predicted molar refractivity (Wildman–Crippen MR) is 123 cm³/mol. The third-order valence-electron chi connectivity index (χ3n) is 4.84. The molecule has 2 aromatic heterocycles. The van der Waals surface area contributed by atoms with Crippen molar-refractivity contribution in [3.05, 3.63) is 83.9 Å². The maximum Gasteiger partial charge on any atom is 0.197 e. The number of tetrazole rings is 1. The number of ether oxygens (including phenoxy) is 2. The first-order valence-electron chi connectivity index (χ1n) is 9.75. The van der Waals surface area contributed by atoms with Crippen molar-refractivity contribution in [2.45, 2.75) is 0 Å². The first-order chi connectivity index (χ1) is 15.7. The average molecular weight is 444 g/mol. The topological polar surface area (TPSA) is 72.9 Å². The van der Waals surface area contributed by atoms with E-state index in [0.717, 1.165) is 37.6 Å². The summed E-state index contributed by atoms with van der Waals surface area (Å²) in [6.07, 6.45) is 3.66. The van der Waals surface area contributed by atoms with Gasteiger partial charge in [-0.15, -0.1) is 21.5 Å². The molecular formula is C24H17FN4O2S. The van der Waals surface area contributed by atoms with E-state index in [1.165, 1.54) is 12.1 Å². The van der Waals surface area contributed by atoms with E-state index in [1.54, 1.807) is 36.7 Å². The van der Waals surface area contributed by atoms with Gasteiger partial charge in [0.15, 0.2) is 11.6 Å². The Balaban J connectivity index is 1.49. The molecule has 0 bridgehead atoms. The lowest BCUT2D eigenvalue weighted by molar-refractivity contribution is 0.415. The molecule has 0 unspecified atom stereocenters. The van der Waals surface area contributed by atoms with E-state index in [0.29, 0.717) is 11.6 Å². The number of halogens is 1. The van der Waals surface area contributed by atoms with Crippen molar-refractivity contribution >= 4 is 33.6 Å². The van der Waals surface area contributed by atoms with Gasteiger partial charge in [-0.05, 0) is 64.9 Å². The van der Waals surface area contributed by atoms with Gasteiger partial charge in [0.2, 0.25) is 0 Å². The van der Waals surface area contributed by atoms with Crippen LogP contribution in [0.3, 0.4) is 0 Å². The van der Waals surface area contributed by atoms with Crippen LogP contribution in [0.1, 0.15) is 11.4 Å². The van der Waals surface area contributed by atoms with E-state index in [2.05, 4.69) is 20.6 Å². The smallest absolute Gasteiger partial charge is 0.197 e. The Morgan fingerprint density at radius 3 is 2.44 bits per heavy atom. The molecule has 0 spiro atoms. The molecule has 0 saturated carbocycles. The molecule has 0 aliphatic heterocycles. The minimum Gasteiger partial charge on any atom is -0.497 e. The van der Waals surface area contributed by atoms with E-state index in [1.807, 2.05) is 48.5 Å². The maximum absolute atomic E-state index is 13.5. The first-order valence-corrected chi connectivity index (χ1v) is 10.6. The lowest BCUT2D eigenvalue weighted by Gasteiger charge is -2.09. The van der Waals surface area contributed by atoms with Crippen LogP contribution in [-0.4, -0.2) is 27.7 Å². The largest absolute Gasteiger partial charge is 0.497 e. The molecule has 0 radical (unpaired) electrons. The number of fused-ring (bicyclic) bond motifs is 1. The molecule has 2 heterocycles. The fourth-order valence-corrected chi connectivity index (χ4v) is 4.41. The van der Waals surface area contributed by atoms with Crippen molar-refractivity contribution in [2.75, 3.05) is 7.11 Å². The second-order valence-electron chi connectivity index (χ2n) is 6.90. The van der Waals surface area contributed by atoms with Gasteiger partial charge in [0.1, 0.15) is 17.3 Å². The normalized spacial score (nSPS) is 11.3. The molecule has 32 heavy (non-hydrogen) atoms. The molecule has 0 aliphatic carbocycles. The van der Waals surface area contributed by atoms with Gasteiger partial charge in [-0.1, -0.05) is 30.3 Å². The molecule has 8 heteroatoms. The number of aromatic amines is 1. The molecular weight excluding hydrogens is 427 g/mol. The van der Waals surface area contributed by atoms with Crippen molar-refractivity contribution in [3.8, 4) is 27.7 Å².